The Morgan fingerprint density at radius 3 is 2.44 bits per heavy atom. The number of methoxy groups -OCH3 is 1. The molecule has 0 fully saturated rings. The average molecular weight is 237 g/mol. The van der Waals surface area contributed by atoms with Crippen LogP contribution in [0.3, 0.4) is 0 Å². The third-order valence-corrected chi connectivity index (χ3v) is 2.86. The topological polar surface area (TPSA) is 21.3 Å². The SMILES string of the molecule is COC[C@@H](NC(=S)c1ccccc1)C(C)C. The van der Waals surface area contributed by atoms with Crippen LogP contribution in [-0.2, 0) is 4.74 Å². The van der Waals surface area contributed by atoms with Gasteiger partial charge in [-0.25, -0.2) is 0 Å². The maximum atomic E-state index is 5.36. The summed E-state index contributed by atoms with van der Waals surface area (Å²) in [5.41, 5.74) is 1.05. The molecule has 0 unspecified atom stereocenters. The Hall–Kier alpha value is -0.930. The number of ether oxygens (including phenoxy) is 1. The predicted octanol–water partition coefficient (Wildman–Crippen LogP) is 2.62. The first-order chi connectivity index (χ1) is 7.65. The summed E-state index contributed by atoms with van der Waals surface area (Å²) in [6.45, 7) is 4.99. The molecule has 0 saturated carbocycles. The van der Waals surface area contributed by atoms with Crippen LogP contribution in [0.5, 0.6) is 0 Å². The quantitative estimate of drug-likeness (QED) is 0.795. The van der Waals surface area contributed by atoms with Crippen LogP contribution in [0.25, 0.3) is 0 Å². The van der Waals surface area contributed by atoms with E-state index in [2.05, 4.69) is 19.2 Å². The molecule has 1 N–H and O–H groups in total. The third-order valence-electron chi connectivity index (χ3n) is 2.50. The van der Waals surface area contributed by atoms with E-state index in [9.17, 15) is 0 Å². The number of benzene rings is 1. The van der Waals surface area contributed by atoms with E-state index >= 15 is 0 Å². The zero-order valence-corrected chi connectivity index (χ0v) is 10.9. The second-order valence-electron chi connectivity index (χ2n) is 4.15. The third kappa shape index (κ3) is 3.91. The molecular weight excluding hydrogens is 218 g/mol. The van der Waals surface area contributed by atoms with Gasteiger partial charge in [-0.05, 0) is 5.92 Å². The Kier molecular flexibility index (Phi) is 5.43. The molecule has 16 heavy (non-hydrogen) atoms. The van der Waals surface area contributed by atoms with Crippen LogP contribution in [0.4, 0.5) is 0 Å². The van der Waals surface area contributed by atoms with Crippen LogP contribution in [0.2, 0.25) is 0 Å². The molecule has 0 spiro atoms. The summed E-state index contributed by atoms with van der Waals surface area (Å²) in [7, 11) is 1.71. The molecule has 0 aliphatic rings. The van der Waals surface area contributed by atoms with Gasteiger partial charge < -0.3 is 10.1 Å². The Morgan fingerprint density at radius 2 is 1.94 bits per heavy atom. The van der Waals surface area contributed by atoms with Crippen molar-refractivity contribution in [3.63, 3.8) is 0 Å². The number of thiocarbonyl (C=S) groups is 1. The van der Waals surface area contributed by atoms with E-state index in [-0.39, 0.29) is 6.04 Å². The van der Waals surface area contributed by atoms with Gasteiger partial charge in [0.15, 0.2) is 0 Å². The van der Waals surface area contributed by atoms with Gasteiger partial charge in [-0.1, -0.05) is 56.4 Å². The molecule has 0 saturated heterocycles. The fourth-order valence-electron chi connectivity index (χ4n) is 1.42. The monoisotopic (exact) mass is 237 g/mol. The van der Waals surface area contributed by atoms with Gasteiger partial charge in [0.25, 0.3) is 0 Å². The number of rotatable bonds is 5. The van der Waals surface area contributed by atoms with Crippen LogP contribution < -0.4 is 5.32 Å². The lowest BCUT2D eigenvalue weighted by molar-refractivity contribution is 0.156. The Bertz CT molecular complexity index is 324. The van der Waals surface area contributed by atoms with E-state index in [1.54, 1.807) is 7.11 Å². The van der Waals surface area contributed by atoms with Crippen LogP contribution >= 0.6 is 12.2 Å². The molecule has 0 amide bonds. The summed E-state index contributed by atoms with van der Waals surface area (Å²) in [6.07, 6.45) is 0. The average Bonchev–Trinajstić information content (AvgIpc) is 2.29. The molecule has 1 rings (SSSR count). The van der Waals surface area contributed by atoms with Crippen molar-refractivity contribution in [1.29, 1.82) is 0 Å². The zero-order chi connectivity index (χ0) is 12.0. The standard InChI is InChI=1S/C13H19NOS/c1-10(2)12(9-15-3)14-13(16)11-7-5-4-6-8-11/h4-8,10,12H,9H2,1-3H3,(H,14,16)/t12-/m1/s1. The van der Waals surface area contributed by atoms with Crippen molar-refractivity contribution in [2.24, 2.45) is 5.92 Å². The van der Waals surface area contributed by atoms with Crippen LogP contribution in [0.1, 0.15) is 19.4 Å². The summed E-state index contributed by atoms with van der Waals surface area (Å²) in [6, 6.07) is 10.3. The van der Waals surface area contributed by atoms with Crippen molar-refractivity contribution >= 4 is 17.2 Å². The molecule has 0 aliphatic heterocycles. The molecule has 0 radical (unpaired) electrons. The van der Waals surface area contributed by atoms with Crippen LogP contribution in [0, 0.1) is 5.92 Å². The molecule has 88 valence electrons. The van der Waals surface area contributed by atoms with Gasteiger partial charge in [-0.2, -0.15) is 0 Å². The molecule has 1 atom stereocenters. The minimum Gasteiger partial charge on any atom is -0.383 e. The van der Waals surface area contributed by atoms with Gasteiger partial charge in [0.05, 0.1) is 12.6 Å². The molecule has 3 heteroatoms. The van der Waals surface area contributed by atoms with Crippen molar-refractivity contribution < 1.29 is 4.74 Å². The molecule has 0 bridgehead atoms. The van der Waals surface area contributed by atoms with Crippen molar-refractivity contribution in [2.75, 3.05) is 13.7 Å². The molecule has 1 aromatic rings. The molecule has 0 heterocycles. The molecule has 0 aromatic heterocycles. The highest BCUT2D eigenvalue weighted by atomic mass is 32.1. The highest BCUT2D eigenvalue weighted by Gasteiger charge is 2.14. The van der Waals surface area contributed by atoms with E-state index < -0.39 is 0 Å². The second kappa shape index (κ2) is 6.61. The lowest BCUT2D eigenvalue weighted by Crippen LogP contribution is -2.41. The van der Waals surface area contributed by atoms with Crippen LogP contribution in [0.15, 0.2) is 30.3 Å². The first-order valence-corrected chi connectivity index (χ1v) is 5.90. The van der Waals surface area contributed by atoms with Gasteiger partial charge >= 0.3 is 0 Å². The smallest absolute Gasteiger partial charge is 0.106 e. The summed E-state index contributed by atoms with van der Waals surface area (Å²) >= 11 is 5.36. The Balaban J connectivity index is 2.62. The Morgan fingerprint density at radius 1 is 1.31 bits per heavy atom. The van der Waals surface area contributed by atoms with Crippen molar-refractivity contribution in [2.45, 2.75) is 19.9 Å². The van der Waals surface area contributed by atoms with Gasteiger partial charge in [-0.3, -0.25) is 0 Å². The van der Waals surface area contributed by atoms with E-state index in [4.69, 9.17) is 17.0 Å². The molecule has 0 aliphatic carbocycles. The van der Waals surface area contributed by atoms with Gasteiger partial charge in [0, 0.05) is 12.7 Å². The molecule has 2 nitrogen and oxygen atoms in total. The number of hydrogen-bond acceptors (Lipinski definition) is 2. The summed E-state index contributed by atoms with van der Waals surface area (Å²) in [4.78, 5) is 0.788. The summed E-state index contributed by atoms with van der Waals surface area (Å²) < 4.78 is 5.18. The maximum absolute atomic E-state index is 5.36. The fraction of sp³-hybridized carbons (Fsp3) is 0.462. The highest BCUT2D eigenvalue weighted by Crippen LogP contribution is 2.05. The van der Waals surface area contributed by atoms with Crippen molar-refractivity contribution in [3.8, 4) is 0 Å². The Labute approximate surface area is 103 Å². The van der Waals surface area contributed by atoms with Crippen molar-refractivity contribution in [1.82, 2.24) is 5.32 Å². The van der Waals surface area contributed by atoms with Crippen molar-refractivity contribution in [3.05, 3.63) is 35.9 Å². The molecule has 1 aromatic carbocycles. The van der Waals surface area contributed by atoms with Gasteiger partial charge in [0.1, 0.15) is 4.99 Å². The van der Waals surface area contributed by atoms with Crippen LogP contribution in [-0.4, -0.2) is 24.7 Å². The van der Waals surface area contributed by atoms with E-state index in [1.165, 1.54) is 0 Å². The zero-order valence-electron chi connectivity index (χ0n) is 10.1. The minimum absolute atomic E-state index is 0.262. The largest absolute Gasteiger partial charge is 0.383 e. The van der Waals surface area contributed by atoms with Gasteiger partial charge in [0.2, 0.25) is 0 Å². The maximum Gasteiger partial charge on any atom is 0.106 e. The number of hydrogen-bond donors (Lipinski definition) is 1. The lowest BCUT2D eigenvalue weighted by Gasteiger charge is -2.23. The second-order valence-corrected chi connectivity index (χ2v) is 4.55. The van der Waals surface area contributed by atoms with E-state index in [1.807, 2.05) is 30.3 Å². The predicted molar refractivity (Wildman–Crippen MR) is 71.8 cm³/mol. The first-order valence-electron chi connectivity index (χ1n) is 5.50. The fourth-order valence-corrected chi connectivity index (χ4v) is 1.71. The van der Waals surface area contributed by atoms with E-state index in [0.717, 1.165) is 10.6 Å². The van der Waals surface area contributed by atoms with Gasteiger partial charge in [-0.15, -0.1) is 0 Å². The minimum atomic E-state index is 0.262. The lowest BCUT2D eigenvalue weighted by atomic mass is 10.0. The highest BCUT2D eigenvalue weighted by molar-refractivity contribution is 7.80. The first kappa shape index (κ1) is 13.1. The summed E-state index contributed by atoms with van der Waals surface area (Å²) in [5, 5.41) is 3.34. The normalized spacial score (nSPS) is 12.5. The molecular formula is C13H19NOS. The van der Waals surface area contributed by atoms with E-state index in [0.29, 0.717) is 12.5 Å². The number of nitrogens with one attached hydrogen (secondary N) is 1. The summed E-state index contributed by atoms with van der Waals surface area (Å²) in [5.74, 6) is 0.488.